The van der Waals surface area contributed by atoms with Crippen LogP contribution in [0.2, 0.25) is 0 Å². The second kappa shape index (κ2) is 6.30. The van der Waals surface area contributed by atoms with Crippen LogP contribution in [0.15, 0.2) is 38.8 Å². The molecule has 0 saturated carbocycles. The van der Waals surface area contributed by atoms with Crippen LogP contribution in [0.5, 0.6) is 5.88 Å². The molecule has 1 aromatic heterocycles. The minimum atomic E-state index is -0.690. The van der Waals surface area contributed by atoms with Crippen molar-refractivity contribution in [3.05, 3.63) is 56.2 Å². The fourth-order valence-electron chi connectivity index (χ4n) is 1.98. The van der Waals surface area contributed by atoms with E-state index in [1.807, 2.05) is 0 Å². The molecule has 1 heterocycles. The summed E-state index contributed by atoms with van der Waals surface area (Å²) in [6.07, 6.45) is 1.11. The molecule has 0 aliphatic rings. The third-order valence-electron chi connectivity index (χ3n) is 3.31. The van der Waals surface area contributed by atoms with Crippen LogP contribution in [-0.2, 0) is 18.8 Å². The fourth-order valence-corrected chi connectivity index (χ4v) is 1.98. The molecule has 23 heavy (non-hydrogen) atoms. The van der Waals surface area contributed by atoms with E-state index in [0.29, 0.717) is 0 Å². The van der Waals surface area contributed by atoms with Gasteiger partial charge in [-0.3, -0.25) is 18.9 Å². The van der Waals surface area contributed by atoms with Crippen molar-refractivity contribution in [2.75, 3.05) is 7.11 Å². The number of aliphatic imine (C=N–C) groups is 1. The van der Waals surface area contributed by atoms with Crippen molar-refractivity contribution in [1.82, 2.24) is 9.13 Å². The maximum atomic E-state index is 12.1. The first-order chi connectivity index (χ1) is 10.9. The lowest BCUT2D eigenvalue weighted by atomic mass is 10.2. The van der Waals surface area contributed by atoms with E-state index in [9.17, 15) is 19.5 Å². The van der Waals surface area contributed by atoms with Crippen LogP contribution in [-0.4, -0.2) is 33.5 Å². The summed E-state index contributed by atoms with van der Waals surface area (Å²) in [7, 11) is 3.87. The Bertz CT molecular complexity index is 908. The van der Waals surface area contributed by atoms with Gasteiger partial charge in [-0.2, -0.15) is 0 Å². The zero-order chi connectivity index (χ0) is 17.1. The Hall–Kier alpha value is -3.16. The van der Waals surface area contributed by atoms with Gasteiger partial charge in [-0.15, -0.1) is 0 Å². The number of aromatic nitrogens is 2. The SMILES string of the molecule is COC(=O)c1ccccc1N=Cc1c(O)n(C)c(=O)n(C)c1=O. The molecule has 0 aliphatic carbocycles. The number of aromatic hydroxyl groups is 1. The Morgan fingerprint density at radius 1 is 1.22 bits per heavy atom. The van der Waals surface area contributed by atoms with Crippen molar-refractivity contribution in [2.24, 2.45) is 19.1 Å². The number of hydrogen-bond acceptors (Lipinski definition) is 6. The number of nitrogens with zero attached hydrogens (tertiary/aromatic N) is 3. The van der Waals surface area contributed by atoms with Crippen molar-refractivity contribution >= 4 is 17.9 Å². The van der Waals surface area contributed by atoms with Crippen LogP contribution in [0.3, 0.4) is 0 Å². The summed E-state index contributed by atoms with van der Waals surface area (Å²) in [5, 5.41) is 9.95. The van der Waals surface area contributed by atoms with Gasteiger partial charge in [0.2, 0.25) is 5.88 Å². The Morgan fingerprint density at radius 2 is 1.87 bits per heavy atom. The number of methoxy groups -OCH3 is 1. The average molecular weight is 317 g/mol. The zero-order valence-corrected chi connectivity index (χ0v) is 12.8. The van der Waals surface area contributed by atoms with Crippen LogP contribution >= 0.6 is 0 Å². The number of carbonyl (C=O) groups is 1. The van der Waals surface area contributed by atoms with Gasteiger partial charge >= 0.3 is 11.7 Å². The van der Waals surface area contributed by atoms with E-state index in [4.69, 9.17) is 0 Å². The first kappa shape index (κ1) is 16.2. The lowest BCUT2D eigenvalue weighted by Gasteiger charge is -2.07. The Kier molecular flexibility index (Phi) is 4.44. The predicted molar refractivity (Wildman–Crippen MR) is 83.6 cm³/mol. The Morgan fingerprint density at radius 3 is 2.52 bits per heavy atom. The van der Waals surface area contributed by atoms with Gasteiger partial charge in [-0.1, -0.05) is 12.1 Å². The molecule has 8 heteroatoms. The summed E-state index contributed by atoms with van der Waals surface area (Å²) < 4.78 is 6.44. The molecule has 0 saturated heterocycles. The molecule has 0 unspecified atom stereocenters. The average Bonchev–Trinajstić information content (AvgIpc) is 2.57. The molecule has 2 rings (SSSR count). The number of esters is 1. The zero-order valence-electron chi connectivity index (χ0n) is 12.8. The van der Waals surface area contributed by atoms with Gasteiger partial charge in [-0.05, 0) is 12.1 Å². The van der Waals surface area contributed by atoms with Crippen molar-refractivity contribution in [2.45, 2.75) is 0 Å². The lowest BCUT2D eigenvalue weighted by Crippen LogP contribution is -2.38. The number of hydrogen-bond donors (Lipinski definition) is 1. The van der Waals surface area contributed by atoms with Gasteiger partial charge in [-0.25, -0.2) is 9.59 Å². The monoisotopic (exact) mass is 317 g/mol. The van der Waals surface area contributed by atoms with Gasteiger partial charge in [0.05, 0.1) is 18.4 Å². The molecular weight excluding hydrogens is 302 g/mol. The van der Waals surface area contributed by atoms with Crippen LogP contribution < -0.4 is 11.2 Å². The highest BCUT2D eigenvalue weighted by Gasteiger charge is 2.14. The molecule has 0 aliphatic heterocycles. The van der Waals surface area contributed by atoms with Crippen LogP contribution in [0.25, 0.3) is 0 Å². The summed E-state index contributed by atoms with van der Waals surface area (Å²) in [6, 6.07) is 6.40. The number of ether oxygens (including phenoxy) is 1. The van der Waals surface area contributed by atoms with E-state index >= 15 is 0 Å². The molecular formula is C15H15N3O5. The second-order valence-corrected chi connectivity index (χ2v) is 4.71. The summed E-state index contributed by atoms with van der Waals surface area (Å²) >= 11 is 0. The normalized spacial score (nSPS) is 10.9. The molecule has 0 bridgehead atoms. The second-order valence-electron chi connectivity index (χ2n) is 4.71. The third kappa shape index (κ3) is 2.91. The lowest BCUT2D eigenvalue weighted by molar-refractivity contribution is 0.0601. The maximum Gasteiger partial charge on any atom is 0.340 e. The molecule has 1 aromatic carbocycles. The molecule has 0 radical (unpaired) electrons. The van der Waals surface area contributed by atoms with E-state index < -0.39 is 23.1 Å². The quantitative estimate of drug-likeness (QED) is 0.649. The van der Waals surface area contributed by atoms with E-state index in [1.165, 1.54) is 27.3 Å². The highest BCUT2D eigenvalue weighted by molar-refractivity contribution is 5.96. The molecule has 8 nitrogen and oxygen atoms in total. The summed E-state index contributed by atoms with van der Waals surface area (Å²) in [6.45, 7) is 0. The molecule has 1 N–H and O–H groups in total. The van der Waals surface area contributed by atoms with E-state index in [0.717, 1.165) is 15.3 Å². The topological polar surface area (TPSA) is 103 Å². The van der Waals surface area contributed by atoms with Crippen LogP contribution in [0.1, 0.15) is 15.9 Å². The highest BCUT2D eigenvalue weighted by atomic mass is 16.5. The maximum absolute atomic E-state index is 12.1. The third-order valence-corrected chi connectivity index (χ3v) is 3.31. The Labute approximate surface area is 130 Å². The number of rotatable bonds is 3. The van der Waals surface area contributed by atoms with Crippen molar-refractivity contribution in [1.29, 1.82) is 0 Å². The van der Waals surface area contributed by atoms with Gasteiger partial charge in [0.15, 0.2) is 0 Å². The van der Waals surface area contributed by atoms with Crippen LogP contribution in [0.4, 0.5) is 5.69 Å². The molecule has 0 amide bonds. The fraction of sp³-hybridized carbons (Fsp3) is 0.200. The van der Waals surface area contributed by atoms with Gasteiger partial charge in [0.25, 0.3) is 5.56 Å². The number of para-hydroxylation sites is 1. The van der Waals surface area contributed by atoms with E-state index in [2.05, 4.69) is 9.73 Å². The van der Waals surface area contributed by atoms with Crippen molar-refractivity contribution in [3.63, 3.8) is 0 Å². The van der Waals surface area contributed by atoms with Gasteiger partial charge in [0.1, 0.15) is 5.56 Å². The first-order valence-electron chi connectivity index (χ1n) is 6.59. The Balaban J connectivity index is 2.58. The molecule has 2 aromatic rings. The summed E-state index contributed by atoms with van der Waals surface area (Å²) in [5.74, 6) is -1.08. The molecule has 0 atom stereocenters. The predicted octanol–water partition coefficient (Wildman–Crippen LogP) is 0.327. The van der Waals surface area contributed by atoms with Gasteiger partial charge < -0.3 is 9.84 Å². The number of benzene rings is 1. The van der Waals surface area contributed by atoms with Crippen molar-refractivity contribution in [3.8, 4) is 5.88 Å². The first-order valence-corrected chi connectivity index (χ1v) is 6.59. The minimum Gasteiger partial charge on any atom is -0.494 e. The standard InChI is InChI=1S/C15H15N3O5/c1-17-12(19)10(13(20)18(2)15(17)22)8-16-11-7-5-4-6-9(11)14(21)23-3/h4-8,19H,1-3H3. The number of carbonyl (C=O) groups excluding carboxylic acids is 1. The minimum absolute atomic E-state index is 0.158. The van der Waals surface area contributed by atoms with Crippen molar-refractivity contribution < 1.29 is 14.6 Å². The molecule has 0 spiro atoms. The summed E-state index contributed by atoms with van der Waals surface area (Å²) in [4.78, 5) is 39.5. The summed E-state index contributed by atoms with van der Waals surface area (Å²) in [5.41, 5.74) is -1.01. The smallest absolute Gasteiger partial charge is 0.340 e. The molecule has 120 valence electrons. The van der Waals surface area contributed by atoms with Gasteiger partial charge in [0, 0.05) is 20.3 Å². The highest BCUT2D eigenvalue weighted by Crippen LogP contribution is 2.19. The largest absolute Gasteiger partial charge is 0.494 e. The van der Waals surface area contributed by atoms with E-state index in [-0.39, 0.29) is 16.8 Å². The van der Waals surface area contributed by atoms with Crippen LogP contribution in [0, 0.1) is 0 Å². The molecule has 0 fully saturated rings. The van der Waals surface area contributed by atoms with E-state index in [1.54, 1.807) is 18.2 Å².